The Labute approximate surface area is 687 Å². The van der Waals surface area contributed by atoms with Gasteiger partial charge in [-0.2, -0.15) is 94.5 Å². The van der Waals surface area contributed by atoms with Gasteiger partial charge in [-0.1, -0.05) is 111 Å². The van der Waals surface area contributed by atoms with E-state index in [1.54, 1.807) is 55.4 Å². The summed E-state index contributed by atoms with van der Waals surface area (Å²) in [6, 6.07) is -5.47. The number of rotatable bonds is 45. The Kier molecular flexibility index (Phi) is 89.7. The first kappa shape index (κ1) is 128. The second kappa shape index (κ2) is 74.9. The predicted molar refractivity (Wildman–Crippen MR) is 458 cm³/mol. The van der Waals surface area contributed by atoms with Crippen LogP contribution in [0.5, 0.6) is 0 Å². The SMILES string of the molecule is CC(=O)[C@@H](N)CCCCNC(=O)C(C)C.CC(C)C(=O)NCCCC[C@H](NC(=O)[C@H](C)N)C(N)=O.CC(C)C(=O)N[C@H](C(=O)O)C(C)C.CC(C)C[C@H](NC(=O)[C@H](C)N)C(=O)C[C@@H](C)C(=O)N[C@@H](CCCCNC(=O)C(C)C)C(N)=O.CCC(=O)N[C@@H](CCCCNC(=O)C(C)C)C(N)=O.S.S.S.S.S.S.S. The van der Waals surface area contributed by atoms with Crippen molar-refractivity contribution >= 4 is 183 Å². The number of carboxylic acids is 1. The summed E-state index contributed by atoms with van der Waals surface area (Å²) in [5.41, 5.74) is 32.4. The third kappa shape index (κ3) is 72.1. The molecule has 0 bridgehead atoms. The molecule has 0 unspecified atom stereocenters. The van der Waals surface area contributed by atoms with Gasteiger partial charge in [-0.25, -0.2) is 4.79 Å². The molecule has 0 aromatic rings. The highest BCUT2D eigenvalue weighted by Gasteiger charge is 2.29. The van der Waals surface area contributed by atoms with Crippen molar-refractivity contribution in [2.75, 3.05) is 26.2 Å². The Morgan fingerprint density at radius 2 is 0.636 bits per heavy atom. The van der Waals surface area contributed by atoms with Gasteiger partial charge in [0.15, 0.2) is 5.78 Å². The smallest absolute Gasteiger partial charge is 0.326 e. The number of unbranched alkanes of at least 4 members (excludes halogenated alkanes) is 4. The highest BCUT2D eigenvalue weighted by Crippen LogP contribution is 2.14. The number of Topliss-reactive ketones (excluding diaryl/α,β-unsaturated/α-hetero) is 2. The summed E-state index contributed by atoms with van der Waals surface area (Å²) < 4.78 is 0. The summed E-state index contributed by atoms with van der Waals surface area (Å²) in [4.78, 5) is 172. The van der Waals surface area contributed by atoms with Crippen LogP contribution < -0.4 is 82.3 Å². The normalized spacial score (nSPS) is 12.6. The van der Waals surface area contributed by atoms with Gasteiger partial charge in [-0.15, -0.1) is 0 Å². The maximum Gasteiger partial charge on any atom is 0.326 e. The fourth-order valence-corrected chi connectivity index (χ4v) is 7.96. The van der Waals surface area contributed by atoms with Crippen LogP contribution >= 0.6 is 94.5 Å². The van der Waals surface area contributed by atoms with Gasteiger partial charge in [0.05, 0.1) is 24.2 Å². The van der Waals surface area contributed by atoms with Crippen molar-refractivity contribution in [1.82, 2.24) is 47.9 Å². The van der Waals surface area contributed by atoms with Crippen LogP contribution in [0.4, 0.5) is 0 Å². The summed E-state index contributed by atoms with van der Waals surface area (Å²) >= 11 is 0. The molecular formula is C69H147N15O16S7. The van der Waals surface area contributed by atoms with E-state index in [-0.39, 0.29) is 195 Å². The van der Waals surface area contributed by atoms with Gasteiger partial charge in [-0.3, -0.25) is 67.1 Å². The number of carboxylic acid groups (broad SMARTS) is 1. The van der Waals surface area contributed by atoms with E-state index in [4.69, 9.17) is 39.5 Å². The van der Waals surface area contributed by atoms with Crippen molar-refractivity contribution < 1.29 is 77.0 Å². The van der Waals surface area contributed by atoms with E-state index < -0.39 is 89.6 Å². The first-order valence-corrected chi connectivity index (χ1v) is 35.2. The Morgan fingerprint density at radius 3 is 0.879 bits per heavy atom. The van der Waals surface area contributed by atoms with E-state index in [0.717, 1.165) is 32.1 Å². The van der Waals surface area contributed by atoms with Crippen LogP contribution in [0.25, 0.3) is 0 Å². The first-order chi connectivity index (χ1) is 46.2. The molecule has 0 aliphatic rings. The number of nitrogens with one attached hydrogen (secondary N) is 9. The van der Waals surface area contributed by atoms with E-state index in [9.17, 15) is 71.9 Å². The summed E-state index contributed by atoms with van der Waals surface area (Å²) in [5.74, 6) is -5.57. The molecule has 0 heterocycles. The summed E-state index contributed by atoms with van der Waals surface area (Å²) in [6.45, 7) is 35.6. The van der Waals surface area contributed by atoms with Crippen LogP contribution in [0, 0.1) is 47.3 Å². The van der Waals surface area contributed by atoms with Crippen LogP contribution in [0.15, 0.2) is 0 Å². The molecule has 0 spiro atoms. The lowest BCUT2D eigenvalue weighted by Gasteiger charge is -2.23. The lowest BCUT2D eigenvalue weighted by Crippen LogP contribution is -2.49. The lowest BCUT2D eigenvalue weighted by molar-refractivity contribution is -0.143. The van der Waals surface area contributed by atoms with E-state index in [0.29, 0.717) is 84.0 Å². The number of amides is 12. The molecule has 0 aromatic heterocycles. The molecular weight excluding hydrogens is 1520 g/mol. The molecule has 38 heteroatoms. The minimum atomic E-state index is -0.982. The highest BCUT2D eigenvalue weighted by atomic mass is 32.1. The number of carbonyl (C=O) groups excluding carboxylic acids is 14. The average molecular weight is 1670 g/mol. The average Bonchev–Trinajstić information content (AvgIpc) is 0.884. The molecule has 0 radical (unpaired) electrons. The van der Waals surface area contributed by atoms with Crippen LogP contribution in [-0.2, 0) is 71.9 Å². The topological polar surface area (TPSA) is 541 Å². The van der Waals surface area contributed by atoms with Crippen LogP contribution in [0.2, 0.25) is 0 Å². The molecule has 12 amide bonds. The second-order valence-electron chi connectivity index (χ2n) is 27.3. The van der Waals surface area contributed by atoms with Crippen molar-refractivity contribution in [3.8, 4) is 0 Å². The highest BCUT2D eigenvalue weighted by molar-refractivity contribution is 7.60. The van der Waals surface area contributed by atoms with Crippen LogP contribution in [0.3, 0.4) is 0 Å². The molecule has 31 nitrogen and oxygen atoms in total. The molecule has 9 atom stereocenters. The van der Waals surface area contributed by atoms with Crippen molar-refractivity contribution in [3.05, 3.63) is 0 Å². The summed E-state index contributed by atoms with van der Waals surface area (Å²) in [7, 11) is 0. The monoisotopic (exact) mass is 1670 g/mol. The Morgan fingerprint density at radius 1 is 0.355 bits per heavy atom. The number of carbonyl (C=O) groups is 15. The van der Waals surface area contributed by atoms with Crippen LogP contribution in [0.1, 0.15) is 228 Å². The van der Waals surface area contributed by atoms with E-state index >= 15 is 0 Å². The first-order valence-electron chi connectivity index (χ1n) is 35.2. The molecule has 0 aliphatic carbocycles. The van der Waals surface area contributed by atoms with E-state index in [1.807, 2.05) is 55.4 Å². The fourth-order valence-electron chi connectivity index (χ4n) is 7.96. The quantitative estimate of drug-likeness (QED) is 0.0389. The van der Waals surface area contributed by atoms with Gasteiger partial charge in [0, 0.05) is 74.5 Å². The largest absolute Gasteiger partial charge is 0.480 e. The van der Waals surface area contributed by atoms with Gasteiger partial charge in [0.2, 0.25) is 70.9 Å². The Hall–Kier alpha value is -5.22. The molecule has 0 aliphatic heterocycles. The molecule has 0 fully saturated rings. The number of primary amides is 3. The predicted octanol–water partition coefficient (Wildman–Crippen LogP) is 2.43. The molecule has 636 valence electrons. The summed E-state index contributed by atoms with van der Waals surface area (Å²) in [6.07, 6.45) is 8.48. The molecule has 0 rings (SSSR count). The third-order valence-corrected chi connectivity index (χ3v) is 14.8. The van der Waals surface area contributed by atoms with E-state index in [2.05, 4.69) is 47.9 Å². The Balaban J connectivity index is -0.000000108. The van der Waals surface area contributed by atoms with Crippen molar-refractivity contribution in [2.45, 2.75) is 276 Å². The standard InChI is InChI=1S/C23H43N5O5.C13H26N4O3.C13H25N3O3.C11H22N2O2.C9H17NO3.7H2S/c1-13(2)11-18(28-23(33)16(6)24)19(29)12-15(5)22(32)27-17(20(25)30)9-7-8-10-26-21(31)14(3)4;1-8(2)12(19)16-7-5-4-6-10(11(15)18)17-13(20)9(3)14;1-4-11(17)16-10(12(14)18)7-5-6-8-15-13(19)9(2)3;1-8(2)11(15)13-7-5-4-6-10(12)9(3)14;1-5(2)7(9(12)13)10-8(11)6(3)4;;;;;;;/h13-18H,7-12,24H2,1-6H3,(H2,25,30)(H,26,31)(H,27,32)(H,28,33);8-10H,4-7,14H2,1-3H3,(H2,15,18)(H,16,19)(H,17,20);9-10H,4-8H2,1-3H3,(H2,14,18)(H,15,19)(H,16,17);8,10H,4-7,12H2,1-3H3,(H,13,15);5-7H,1-4H3,(H,10,11)(H,12,13);7*1H2/t15-,16+,17+,18+;9-,10-;2*10-;7-;;;;;;;/m10000......./s1. The number of aliphatic carboxylic acids is 1. The van der Waals surface area contributed by atoms with Gasteiger partial charge >= 0.3 is 5.97 Å². The van der Waals surface area contributed by atoms with Gasteiger partial charge < -0.3 is 87.4 Å². The molecule has 22 N–H and O–H groups in total. The maximum atomic E-state index is 12.8. The third-order valence-electron chi connectivity index (χ3n) is 14.8. The number of hydrogen-bond acceptors (Lipinski definition) is 18. The minimum Gasteiger partial charge on any atom is -0.480 e. The zero-order chi connectivity index (χ0) is 78.7. The summed E-state index contributed by atoms with van der Waals surface area (Å²) in [5, 5.41) is 32.8. The van der Waals surface area contributed by atoms with Crippen molar-refractivity contribution in [2.24, 2.45) is 81.7 Å². The van der Waals surface area contributed by atoms with Gasteiger partial charge in [-0.05, 0) is 116 Å². The van der Waals surface area contributed by atoms with Crippen molar-refractivity contribution in [3.63, 3.8) is 0 Å². The lowest BCUT2D eigenvalue weighted by atomic mass is 9.93. The number of ketones is 2. The molecule has 0 saturated carbocycles. The van der Waals surface area contributed by atoms with Crippen molar-refractivity contribution in [1.29, 1.82) is 0 Å². The Bertz CT molecular complexity index is 2530. The van der Waals surface area contributed by atoms with Crippen LogP contribution in [-0.4, -0.2) is 168 Å². The zero-order valence-electron chi connectivity index (χ0n) is 67.2. The van der Waals surface area contributed by atoms with E-state index in [1.165, 1.54) is 20.8 Å². The zero-order valence-corrected chi connectivity index (χ0v) is 74.2. The molecule has 0 saturated heterocycles. The van der Waals surface area contributed by atoms with Gasteiger partial charge in [0.25, 0.3) is 0 Å². The number of hydrogen-bond donors (Lipinski definition) is 16. The number of nitrogens with two attached hydrogens (primary N) is 6. The molecule has 0 aromatic carbocycles. The minimum absolute atomic E-state index is 0. The second-order valence-corrected chi connectivity index (χ2v) is 27.3. The fraction of sp³-hybridized carbons (Fsp3) is 0.783. The van der Waals surface area contributed by atoms with Gasteiger partial charge in [0.1, 0.15) is 30.0 Å². The molecule has 107 heavy (non-hydrogen) atoms. The maximum absolute atomic E-state index is 12.8.